The molecule has 0 unspecified atom stereocenters. The number of hydrogen-bond acceptors (Lipinski definition) is 1. The molecule has 0 amide bonds. The Morgan fingerprint density at radius 2 is 1.21 bits per heavy atom. The summed E-state index contributed by atoms with van der Waals surface area (Å²) in [6, 6.07) is 30.8. The Hall–Kier alpha value is -3.39. The van der Waals surface area contributed by atoms with Crippen molar-refractivity contribution in [1.82, 2.24) is 9.55 Å². The fourth-order valence-electron chi connectivity index (χ4n) is 4.40. The Balaban J connectivity index is 1.52. The number of aromatic nitrogens is 2. The predicted octanol–water partition coefficient (Wildman–Crippen LogP) is 6.39. The van der Waals surface area contributed by atoms with Crippen LogP contribution in [0.15, 0.2) is 104 Å². The minimum absolute atomic E-state index is 0.0958. The zero-order chi connectivity index (χ0) is 19.7. The van der Waals surface area contributed by atoms with Gasteiger partial charge in [0.05, 0.1) is 11.9 Å². The summed E-state index contributed by atoms with van der Waals surface area (Å²) in [4.78, 5) is 4.33. The highest BCUT2D eigenvalue weighted by molar-refractivity contribution is 5.83. The van der Waals surface area contributed by atoms with Crippen molar-refractivity contribution in [3.8, 4) is 0 Å². The zero-order valence-corrected chi connectivity index (χ0v) is 16.6. The first kappa shape index (κ1) is 17.7. The maximum Gasteiger partial charge on any atom is 0.0951 e. The summed E-state index contributed by atoms with van der Waals surface area (Å²) in [7, 11) is 0. The first-order chi connectivity index (χ1) is 14.2. The Kier molecular flexibility index (Phi) is 4.40. The molecule has 1 aromatic heterocycles. The second-order valence-corrected chi connectivity index (χ2v) is 8.18. The van der Waals surface area contributed by atoms with E-state index >= 15 is 0 Å². The van der Waals surface area contributed by atoms with Crippen LogP contribution in [0, 0.1) is 0 Å². The van der Waals surface area contributed by atoms with Crippen LogP contribution in [-0.4, -0.2) is 9.55 Å². The van der Waals surface area contributed by atoms with E-state index in [4.69, 9.17) is 0 Å². The molecule has 0 saturated carbocycles. The molecule has 0 fully saturated rings. The molecule has 142 valence electrons. The van der Waals surface area contributed by atoms with Gasteiger partial charge in [0.2, 0.25) is 0 Å². The van der Waals surface area contributed by atoms with Crippen molar-refractivity contribution >= 4 is 21.5 Å². The average Bonchev–Trinajstić information content (AvgIpc) is 3.29. The van der Waals surface area contributed by atoms with Crippen LogP contribution < -0.4 is 0 Å². The number of benzene rings is 4. The lowest BCUT2D eigenvalue weighted by Gasteiger charge is -2.32. The molecule has 2 nitrogen and oxygen atoms in total. The van der Waals surface area contributed by atoms with Gasteiger partial charge in [-0.25, -0.2) is 4.98 Å². The molecule has 29 heavy (non-hydrogen) atoms. The number of fused-ring (bicyclic) bond motifs is 2. The van der Waals surface area contributed by atoms with Gasteiger partial charge in [-0.1, -0.05) is 84.9 Å². The van der Waals surface area contributed by atoms with E-state index in [1.54, 1.807) is 0 Å². The topological polar surface area (TPSA) is 17.8 Å². The van der Waals surface area contributed by atoms with Crippen LogP contribution in [0.2, 0.25) is 0 Å². The summed E-state index contributed by atoms with van der Waals surface area (Å²) in [5.74, 6) is 0. The van der Waals surface area contributed by atoms with Gasteiger partial charge in [0.1, 0.15) is 0 Å². The largest absolute Gasteiger partial charge is 0.331 e. The molecule has 0 saturated heterocycles. The standard InChI is InChI=1S/C27H24N2/c1-27(29-15-14-28-20-29,18-21-10-12-23-6-2-4-8-25(23)16-21)19-22-11-13-24-7-3-5-9-26(24)17-22/h2-17,20H,18-19H2,1H3. The Labute approximate surface area is 171 Å². The minimum Gasteiger partial charge on any atom is -0.331 e. The highest BCUT2D eigenvalue weighted by Crippen LogP contribution is 2.29. The second kappa shape index (κ2) is 7.21. The van der Waals surface area contributed by atoms with Crippen molar-refractivity contribution < 1.29 is 0 Å². The van der Waals surface area contributed by atoms with Crippen molar-refractivity contribution in [2.24, 2.45) is 0 Å². The van der Waals surface area contributed by atoms with E-state index < -0.39 is 0 Å². The quantitative estimate of drug-likeness (QED) is 0.347. The minimum atomic E-state index is -0.0958. The maximum atomic E-state index is 4.33. The predicted molar refractivity (Wildman–Crippen MR) is 121 cm³/mol. The molecule has 2 heteroatoms. The van der Waals surface area contributed by atoms with E-state index in [9.17, 15) is 0 Å². The molecule has 5 rings (SSSR count). The molecule has 4 aromatic carbocycles. The van der Waals surface area contributed by atoms with Gasteiger partial charge >= 0.3 is 0 Å². The highest BCUT2D eigenvalue weighted by Gasteiger charge is 2.27. The third-order valence-electron chi connectivity index (χ3n) is 5.93. The summed E-state index contributed by atoms with van der Waals surface area (Å²) in [6.45, 7) is 2.33. The fraction of sp³-hybridized carbons (Fsp3) is 0.148. The molecule has 0 N–H and O–H groups in total. The molecule has 0 aliphatic carbocycles. The maximum absolute atomic E-state index is 4.33. The normalized spacial score (nSPS) is 11.9. The summed E-state index contributed by atoms with van der Waals surface area (Å²) in [5, 5.41) is 5.16. The van der Waals surface area contributed by atoms with Crippen LogP contribution in [0.4, 0.5) is 0 Å². The SMILES string of the molecule is CC(Cc1ccc2ccccc2c1)(Cc1ccc2ccccc2c1)n1ccnc1. The van der Waals surface area contributed by atoms with Crippen molar-refractivity contribution in [3.63, 3.8) is 0 Å². The molecule has 1 heterocycles. The fourth-order valence-corrected chi connectivity index (χ4v) is 4.40. The van der Waals surface area contributed by atoms with E-state index in [1.165, 1.54) is 32.7 Å². The molecule has 0 aliphatic rings. The Bertz CT molecular complexity index is 1190. The highest BCUT2D eigenvalue weighted by atomic mass is 15.1. The zero-order valence-electron chi connectivity index (χ0n) is 16.6. The van der Waals surface area contributed by atoms with Crippen LogP contribution >= 0.6 is 0 Å². The van der Waals surface area contributed by atoms with Gasteiger partial charge < -0.3 is 4.57 Å². The van der Waals surface area contributed by atoms with E-state index in [1.807, 2.05) is 12.5 Å². The molecule has 0 bridgehead atoms. The van der Waals surface area contributed by atoms with Crippen molar-refractivity contribution in [1.29, 1.82) is 0 Å². The van der Waals surface area contributed by atoms with Gasteiger partial charge in [-0.05, 0) is 52.4 Å². The molecule has 0 radical (unpaired) electrons. The summed E-state index contributed by atoms with van der Waals surface area (Å²) >= 11 is 0. The average molecular weight is 377 g/mol. The van der Waals surface area contributed by atoms with Gasteiger partial charge in [0.25, 0.3) is 0 Å². The lowest BCUT2D eigenvalue weighted by molar-refractivity contribution is 0.312. The Morgan fingerprint density at radius 3 is 1.69 bits per heavy atom. The van der Waals surface area contributed by atoms with E-state index in [0.29, 0.717) is 0 Å². The van der Waals surface area contributed by atoms with Crippen LogP contribution in [0.5, 0.6) is 0 Å². The molecule has 0 atom stereocenters. The van der Waals surface area contributed by atoms with Crippen LogP contribution in [0.25, 0.3) is 21.5 Å². The van der Waals surface area contributed by atoms with Crippen LogP contribution in [0.1, 0.15) is 18.1 Å². The number of rotatable bonds is 5. The van der Waals surface area contributed by atoms with Gasteiger partial charge in [-0.15, -0.1) is 0 Å². The smallest absolute Gasteiger partial charge is 0.0951 e. The first-order valence-electron chi connectivity index (χ1n) is 10.1. The molecule has 0 spiro atoms. The third-order valence-corrected chi connectivity index (χ3v) is 5.93. The third kappa shape index (κ3) is 3.54. The van der Waals surface area contributed by atoms with Gasteiger partial charge in [-0.3, -0.25) is 0 Å². The molecular formula is C27H24N2. The lowest BCUT2D eigenvalue weighted by atomic mass is 9.85. The Morgan fingerprint density at radius 1 is 0.690 bits per heavy atom. The van der Waals surface area contributed by atoms with Crippen LogP contribution in [0.3, 0.4) is 0 Å². The van der Waals surface area contributed by atoms with E-state index in [-0.39, 0.29) is 5.54 Å². The van der Waals surface area contributed by atoms with Crippen molar-refractivity contribution in [3.05, 3.63) is 115 Å². The first-order valence-corrected chi connectivity index (χ1v) is 10.1. The van der Waals surface area contributed by atoms with Crippen molar-refractivity contribution in [2.75, 3.05) is 0 Å². The van der Waals surface area contributed by atoms with Crippen molar-refractivity contribution in [2.45, 2.75) is 25.3 Å². The number of imidazole rings is 1. The number of nitrogens with zero attached hydrogens (tertiary/aromatic N) is 2. The molecule has 5 aromatic rings. The van der Waals surface area contributed by atoms with Gasteiger partial charge in [0.15, 0.2) is 0 Å². The molecular weight excluding hydrogens is 352 g/mol. The summed E-state index contributed by atoms with van der Waals surface area (Å²) < 4.78 is 2.26. The van der Waals surface area contributed by atoms with E-state index in [2.05, 4.69) is 108 Å². The van der Waals surface area contributed by atoms with Gasteiger partial charge in [0, 0.05) is 12.4 Å². The van der Waals surface area contributed by atoms with Gasteiger partial charge in [-0.2, -0.15) is 0 Å². The summed E-state index contributed by atoms with van der Waals surface area (Å²) in [6.07, 6.45) is 7.80. The second-order valence-electron chi connectivity index (χ2n) is 8.18. The monoisotopic (exact) mass is 376 g/mol. The lowest BCUT2D eigenvalue weighted by Crippen LogP contribution is -2.34. The number of hydrogen-bond donors (Lipinski definition) is 0. The van der Waals surface area contributed by atoms with Crippen LogP contribution in [-0.2, 0) is 18.4 Å². The summed E-state index contributed by atoms with van der Waals surface area (Å²) in [5.41, 5.74) is 2.60. The molecule has 0 aliphatic heterocycles. The van der Waals surface area contributed by atoms with E-state index in [0.717, 1.165) is 12.8 Å².